The van der Waals surface area contributed by atoms with Crippen LogP contribution in [-0.4, -0.2) is 9.89 Å². The number of benzene rings is 1. The normalized spacial score (nSPS) is 11.0. The highest BCUT2D eigenvalue weighted by molar-refractivity contribution is 14.1. The maximum Gasteiger partial charge on any atom is 0.156 e. The minimum absolute atomic E-state index is 0.199. The first-order valence-corrected chi connectivity index (χ1v) is 5.23. The molecular weight excluding hydrogens is 315 g/mol. The predicted molar refractivity (Wildman–Crippen MR) is 62.6 cm³/mol. The molecule has 1 aromatic carbocycles. The van der Waals surface area contributed by atoms with Crippen molar-refractivity contribution in [3.63, 3.8) is 0 Å². The van der Waals surface area contributed by atoms with Crippen LogP contribution in [0.1, 0.15) is 5.69 Å². The van der Waals surface area contributed by atoms with E-state index in [0.29, 0.717) is 11.4 Å². The van der Waals surface area contributed by atoms with Gasteiger partial charge in [-0.1, -0.05) is 0 Å². The van der Waals surface area contributed by atoms with Crippen molar-refractivity contribution in [1.29, 1.82) is 0 Å². The van der Waals surface area contributed by atoms with Crippen LogP contribution in [0.4, 0.5) is 8.78 Å². The molecule has 2 aromatic rings. The van der Waals surface area contributed by atoms with E-state index in [4.69, 9.17) is 4.74 Å². The predicted octanol–water partition coefficient (Wildman–Crippen LogP) is 3.43. The molecule has 1 heterocycles. The number of fused-ring (bicyclic) bond motifs is 1. The van der Waals surface area contributed by atoms with Crippen molar-refractivity contribution in [1.82, 2.24) is 2.78 Å². The zero-order valence-corrected chi connectivity index (χ0v) is 10.3. The van der Waals surface area contributed by atoms with Crippen LogP contribution in [0.5, 0.6) is 5.75 Å². The van der Waals surface area contributed by atoms with Crippen molar-refractivity contribution in [2.45, 2.75) is 6.92 Å². The van der Waals surface area contributed by atoms with Gasteiger partial charge in [-0.05, 0) is 19.1 Å². The number of hydrogen-bond donors (Lipinski definition) is 0. The Morgan fingerprint density at radius 2 is 2.00 bits per heavy atom. The minimum atomic E-state index is -0.452. The second-order valence-electron chi connectivity index (χ2n) is 3.15. The van der Waals surface area contributed by atoms with E-state index < -0.39 is 11.6 Å². The second-order valence-corrected chi connectivity index (χ2v) is 4.12. The Balaban J connectivity index is 3.01. The molecule has 80 valence electrons. The topological polar surface area (TPSA) is 14.2 Å². The van der Waals surface area contributed by atoms with E-state index in [-0.39, 0.29) is 10.9 Å². The number of methoxy groups -OCH3 is 1. The highest BCUT2D eigenvalue weighted by atomic mass is 127. The fourth-order valence-electron chi connectivity index (χ4n) is 1.56. The van der Waals surface area contributed by atoms with E-state index in [2.05, 4.69) is 0 Å². The number of rotatable bonds is 1. The van der Waals surface area contributed by atoms with Crippen molar-refractivity contribution in [2.75, 3.05) is 7.11 Å². The van der Waals surface area contributed by atoms with Crippen LogP contribution < -0.4 is 4.74 Å². The van der Waals surface area contributed by atoms with Crippen LogP contribution in [0.25, 0.3) is 10.9 Å². The number of nitrogens with zero attached hydrogens (tertiary/aromatic N) is 1. The summed E-state index contributed by atoms with van der Waals surface area (Å²) in [6, 6.07) is 2.70. The smallest absolute Gasteiger partial charge is 0.156 e. The minimum Gasteiger partial charge on any atom is -0.496 e. The molecule has 0 radical (unpaired) electrons. The van der Waals surface area contributed by atoms with Gasteiger partial charge in [0.25, 0.3) is 0 Å². The Labute approximate surface area is 99.3 Å². The van der Waals surface area contributed by atoms with Gasteiger partial charge < -0.3 is 4.74 Å². The van der Waals surface area contributed by atoms with Gasteiger partial charge in [0.05, 0.1) is 41.1 Å². The molecule has 0 aliphatic heterocycles. The van der Waals surface area contributed by atoms with Crippen molar-refractivity contribution >= 4 is 33.8 Å². The second kappa shape index (κ2) is 3.62. The van der Waals surface area contributed by atoms with E-state index in [1.54, 1.807) is 6.92 Å². The molecule has 0 fully saturated rings. The van der Waals surface area contributed by atoms with Crippen LogP contribution in [-0.2, 0) is 0 Å². The maximum atomic E-state index is 13.8. The van der Waals surface area contributed by atoms with Crippen LogP contribution >= 0.6 is 22.9 Å². The fraction of sp³-hybridized carbons (Fsp3) is 0.200. The van der Waals surface area contributed by atoms with Gasteiger partial charge in [-0.25, -0.2) is 8.78 Å². The summed E-state index contributed by atoms with van der Waals surface area (Å²) in [5, 5.41) is 0.199. The van der Waals surface area contributed by atoms with E-state index in [1.807, 2.05) is 22.9 Å². The third-order valence-corrected chi connectivity index (χ3v) is 3.54. The summed E-state index contributed by atoms with van der Waals surface area (Å²) in [4.78, 5) is 0. The van der Waals surface area contributed by atoms with Gasteiger partial charge in [0.1, 0.15) is 17.1 Å². The third-order valence-electron chi connectivity index (χ3n) is 2.34. The van der Waals surface area contributed by atoms with E-state index in [9.17, 15) is 8.78 Å². The highest BCUT2D eigenvalue weighted by Crippen LogP contribution is 2.34. The molecule has 0 atom stereocenters. The maximum absolute atomic E-state index is 13.8. The van der Waals surface area contributed by atoms with Crippen LogP contribution in [0.3, 0.4) is 0 Å². The Kier molecular flexibility index (Phi) is 2.57. The van der Waals surface area contributed by atoms with E-state index in [0.717, 1.165) is 0 Å². The van der Waals surface area contributed by atoms with Gasteiger partial charge in [-0.15, -0.1) is 0 Å². The zero-order valence-electron chi connectivity index (χ0n) is 8.14. The molecule has 0 saturated carbocycles. The molecule has 0 unspecified atom stereocenters. The number of aromatic nitrogens is 1. The summed E-state index contributed by atoms with van der Waals surface area (Å²) in [6.45, 7) is 1.60. The summed E-state index contributed by atoms with van der Waals surface area (Å²) >= 11 is 1.86. The van der Waals surface area contributed by atoms with Crippen molar-refractivity contribution in [3.05, 3.63) is 29.5 Å². The average Bonchev–Trinajstić information content (AvgIpc) is 2.46. The van der Waals surface area contributed by atoms with Gasteiger partial charge in [-0.3, -0.25) is 2.78 Å². The van der Waals surface area contributed by atoms with Crippen LogP contribution in [0.2, 0.25) is 0 Å². The molecule has 15 heavy (non-hydrogen) atoms. The third kappa shape index (κ3) is 1.40. The first-order chi connectivity index (χ1) is 7.07. The Morgan fingerprint density at radius 1 is 1.33 bits per heavy atom. The summed E-state index contributed by atoms with van der Waals surface area (Å²) in [5.74, 6) is -0.537. The summed E-state index contributed by atoms with van der Waals surface area (Å²) < 4.78 is 33.8. The van der Waals surface area contributed by atoms with Gasteiger partial charge in [0.2, 0.25) is 0 Å². The molecule has 0 amide bonds. The average molecular weight is 323 g/mol. The number of hydrogen-bond acceptors (Lipinski definition) is 1. The highest BCUT2D eigenvalue weighted by Gasteiger charge is 2.19. The first kappa shape index (κ1) is 10.7. The molecule has 0 N–H and O–H groups in total. The van der Waals surface area contributed by atoms with Crippen molar-refractivity contribution < 1.29 is 13.5 Å². The largest absolute Gasteiger partial charge is 0.496 e. The number of halogens is 3. The van der Waals surface area contributed by atoms with E-state index >= 15 is 0 Å². The Morgan fingerprint density at radius 3 is 2.60 bits per heavy atom. The lowest BCUT2D eigenvalue weighted by molar-refractivity contribution is 0.417. The lowest BCUT2D eigenvalue weighted by Crippen LogP contribution is -1.88. The Hall–Kier alpha value is -0.850. The molecule has 2 rings (SSSR count). The van der Waals surface area contributed by atoms with Crippen LogP contribution in [0, 0.1) is 18.6 Å². The van der Waals surface area contributed by atoms with Gasteiger partial charge >= 0.3 is 0 Å². The fourth-order valence-corrected chi connectivity index (χ4v) is 2.24. The van der Waals surface area contributed by atoms with Gasteiger partial charge in [0, 0.05) is 0 Å². The molecule has 5 heteroatoms. The molecule has 0 bridgehead atoms. The summed E-state index contributed by atoms with van der Waals surface area (Å²) in [6.07, 6.45) is 0. The van der Waals surface area contributed by atoms with Gasteiger partial charge in [0.15, 0.2) is 5.82 Å². The molecule has 2 nitrogen and oxygen atoms in total. The first-order valence-electron chi connectivity index (χ1n) is 4.27. The summed E-state index contributed by atoms with van der Waals surface area (Å²) in [7, 11) is 1.44. The molecule has 0 aliphatic carbocycles. The standard InChI is InChI=1S/C10H8F2INO/c1-5-9(12)8-7(15-2)4-3-6(11)10(8)14(5)13/h3-4H,1-2H3. The van der Waals surface area contributed by atoms with Crippen LogP contribution in [0.15, 0.2) is 12.1 Å². The molecule has 0 aliphatic rings. The molecule has 0 saturated heterocycles. The van der Waals surface area contributed by atoms with Gasteiger partial charge in [-0.2, -0.15) is 0 Å². The zero-order chi connectivity index (χ0) is 11.2. The van der Waals surface area contributed by atoms with Crippen molar-refractivity contribution in [2.24, 2.45) is 0 Å². The quantitative estimate of drug-likeness (QED) is 0.734. The lowest BCUT2D eigenvalue weighted by atomic mass is 10.2. The number of ether oxygens (including phenoxy) is 1. The Bertz CT molecular complexity index is 536. The van der Waals surface area contributed by atoms with Crippen molar-refractivity contribution in [3.8, 4) is 5.75 Å². The molecular formula is C10H8F2INO. The molecule has 0 spiro atoms. The monoisotopic (exact) mass is 323 g/mol. The molecule has 1 aromatic heterocycles. The SMILES string of the molecule is COc1ccc(F)c2c1c(F)c(C)n2I. The lowest BCUT2D eigenvalue weighted by Gasteiger charge is -2.02. The van der Waals surface area contributed by atoms with E-state index in [1.165, 1.54) is 22.0 Å². The summed E-state index contributed by atoms with van der Waals surface area (Å²) in [5.41, 5.74) is 0.610.